The van der Waals surface area contributed by atoms with Gasteiger partial charge < -0.3 is 10.2 Å². The van der Waals surface area contributed by atoms with Gasteiger partial charge in [-0.1, -0.05) is 67.4 Å². The van der Waals surface area contributed by atoms with E-state index in [-0.39, 0.29) is 64.1 Å². The van der Waals surface area contributed by atoms with E-state index in [4.69, 9.17) is 0 Å². The normalized spacial score (nSPS) is 28.9. The Bertz CT molecular complexity index is 1900. The number of hydrogen-bond acceptors (Lipinski definition) is 9. The van der Waals surface area contributed by atoms with Crippen LogP contribution in [0, 0.1) is 51.8 Å². The zero-order valence-electron chi connectivity index (χ0n) is 35.3. The molecular formula is C43H64N6O7S. The molecule has 2 spiro atoms. The predicted molar refractivity (Wildman–Crippen MR) is 216 cm³/mol. The smallest absolute Gasteiger partial charge is 0.303 e. The lowest BCUT2D eigenvalue weighted by Gasteiger charge is -2.36. The van der Waals surface area contributed by atoms with E-state index in [1.165, 1.54) is 16.7 Å². The minimum Gasteiger partial charge on any atom is -0.341 e. The summed E-state index contributed by atoms with van der Waals surface area (Å²) in [6.07, 6.45) is 10.9. The molecule has 13 nitrogen and oxygen atoms in total. The highest BCUT2D eigenvalue weighted by molar-refractivity contribution is 7.87. The average Bonchev–Trinajstić information content (AvgIpc) is 3.58. The van der Waals surface area contributed by atoms with Gasteiger partial charge in [0.05, 0.1) is 29.4 Å². The van der Waals surface area contributed by atoms with Crippen LogP contribution in [0.1, 0.15) is 135 Å². The van der Waals surface area contributed by atoms with Gasteiger partial charge in [0.25, 0.3) is 5.91 Å². The van der Waals surface area contributed by atoms with Crippen molar-refractivity contribution in [1.82, 2.24) is 29.2 Å². The molecule has 57 heavy (non-hydrogen) atoms. The van der Waals surface area contributed by atoms with Gasteiger partial charge in [-0.25, -0.2) is 9.71 Å². The Morgan fingerprint density at radius 2 is 1.68 bits per heavy atom. The topological polar surface area (TPSA) is 176 Å². The maximum Gasteiger partial charge on any atom is 0.303 e. The van der Waals surface area contributed by atoms with Crippen molar-refractivity contribution in [1.29, 1.82) is 0 Å². The summed E-state index contributed by atoms with van der Waals surface area (Å²) in [5.74, 6) is -3.45. The number of rotatable bonds is 16. The van der Waals surface area contributed by atoms with Crippen LogP contribution in [0.4, 0.5) is 0 Å². The summed E-state index contributed by atoms with van der Waals surface area (Å²) >= 11 is 0. The van der Waals surface area contributed by atoms with Crippen LogP contribution in [-0.4, -0.2) is 88.6 Å². The van der Waals surface area contributed by atoms with Crippen molar-refractivity contribution in [3.8, 4) is 0 Å². The van der Waals surface area contributed by atoms with Gasteiger partial charge in [-0.2, -0.15) is 12.7 Å². The molecule has 5 aliphatic rings. The first-order valence-electron chi connectivity index (χ1n) is 21.0. The van der Waals surface area contributed by atoms with Crippen LogP contribution in [0.5, 0.6) is 0 Å². The summed E-state index contributed by atoms with van der Waals surface area (Å²) < 4.78 is 29.9. The van der Waals surface area contributed by atoms with E-state index in [2.05, 4.69) is 40.4 Å². The Kier molecular flexibility index (Phi) is 11.5. The lowest BCUT2D eigenvalue weighted by atomic mass is 9.73. The van der Waals surface area contributed by atoms with E-state index in [9.17, 15) is 27.6 Å². The molecule has 3 amide bonds. The largest absolute Gasteiger partial charge is 0.341 e. The molecule has 3 heterocycles. The standard InChI is InChI=1S/C43H64N6O7S/c1-10-15-27(3)35(46-36(52)31-25-44-28(4)24-45-31)33(50)20-30(39(5,6)7)37(53)49-26-43(40(8,9)42(43)16-14-17-42)22-32(49)34(51)23-41(21-29(41)11-2)38(54)47-57(55,56)48-18-12-13-19-48/h11,24-25,27,29-30,32,35H,2,10,12-23,26H2,1,3-9H3,(H,46,52)(H,47,54)/t27?,29-,30-,32+,35+,41-,43-/m1/s1. The van der Waals surface area contributed by atoms with Crippen LogP contribution >= 0.6 is 0 Å². The summed E-state index contributed by atoms with van der Waals surface area (Å²) in [4.78, 5) is 81.7. The number of aryl methyl sites for hydroxylation is 1. The number of likely N-dealkylation sites (tertiary alicyclic amines) is 1. The number of fused-ring (bicyclic) bond motifs is 1. The van der Waals surface area contributed by atoms with Crippen LogP contribution in [0.3, 0.4) is 0 Å². The number of amides is 3. The lowest BCUT2D eigenvalue weighted by Crippen LogP contribution is -2.51. The molecule has 1 unspecified atom stereocenters. The molecule has 314 valence electrons. The Balaban J connectivity index is 1.28. The number of carbonyl (C=O) groups excluding carboxylic acids is 5. The second kappa shape index (κ2) is 15.3. The summed E-state index contributed by atoms with van der Waals surface area (Å²) in [6.45, 7) is 20.9. The second-order valence-corrected chi connectivity index (χ2v) is 21.2. The second-order valence-electron chi connectivity index (χ2n) is 19.6. The summed E-state index contributed by atoms with van der Waals surface area (Å²) in [7, 11) is -4.07. The zero-order chi connectivity index (χ0) is 41.9. The fourth-order valence-electron chi connectivity index (χ4n) is 11.1. The quantitative estimate of drug-likeness (QED) is 0.209. The van der Waals surface area contributed by atoms with Gasteiger partial charge in [-0.05, 0) is 80.0 Å². The van der Waals surface area contributed by atoms with Gasteiger partial charge in [0.15, 0.2) is 11.6 Å². The molecule has 2 aliphatic heterocycles. The maximum absolute atomic E-state index is 15.2. The number of carbonyl (C=O) groups is 5. The SMILES string of the molecule is C=C[C@@H]1C[C@]1(CC(=O)[C@@H]1C[C@@]2(CN1C(=O)[C@@H](CC(=O)[C@@H](NC(=O)c1cnc(C)cn1)C(C)CCC)C(C)(C)C)C(C)(C)C21CCC1)C(=O)NS(=O)(=O)N1CCCC1. The monoisotopic (exact) mass is 808 g/mol. The third kappa shape index (κ3) is 7.39. The highest BCUT2D eigenvalue weighted by atomic mass is 32.2. The van der Waals surface area contributed by atoms with Gasteiger partial charge in [-0.15, -0.1) is 6.58 Å². The van der Waals surface area contributed by atoms with Crippen LogP contribution < -0.4 is 10.0 Å². The number of aromatic nitrogens is 2. The van der Waals surface area contributed by atoms with Gasteiger partial charge in [0.1, 0.15) is 5.69 Å². The van der Waals surface area contributed by atoms with E-state index in [0.717, 1.165) is 38.5 Å². The predicted octanol–water partition coefficient (Wildman–Crippen LogP) is 5.35. The van der Waals surface area contributed by atoms with Gasteiger partial charge in [0, 0.05) is 50.0 Å². The highest BCUT2D eigenvalue weighted by Crippen LogP contribution is 2.88. The molecule has 3 aliphatic carbocycles. The van der Waals surface area contributed by atoms with E-state index in [0.29, 0.717) is 44.6 Å². The van der Waals surface area contributed by atoms with Crippen LogP contribution in [0.15, 0.2) is 25.0 Å². The lowest BCUT2D eigenvalue weighted by molar-refractivity contribution is -0.146. The number of nitrogens with zero attached hydrogens (tertiary/aromatic N) is 4. The minimum absolute atomic E-state index is 0.00649. The van der Waals surface area contributed by atoms with Crippen molar-refractivity contribution >= 4 is 39.5 Å². The molecule has 6 rings (SSSR count). The Morgan fingerprint density at radius 1 is 1.02 bits per heavy atom. The van der Waals surface area contributed by atoms with E-state index in [1.807, 2.05) is 34.6 Å². The fourth-order valence-corrected chi connectivity index (χ4v) is 12.4. The number of ketones is 2. The molecule has 0 radical (unpaired) electrons. The number of hydrogen-bond donors (Lipinski definition) is 2. The third-order valence-corrected chi connectivity index (χ3v) is 16.7. The van der Waals surface area contributed by atoms with Crippen molar-refractivity contribution in [3.63, 3.8) is 0 Å². The number of Topliss-reactive ketones (excluding diaryl/α,β-unsaturated/α-hetero) is 2. The van der Waals surface area contributed by atoms with Crippen molar-refractivity contribution in [2.24, 2.45) is 44.8 Å². The Morgan fingerprint density at radius 3 is 2.19 bits per heavy atom. The first-order valence-corrected chi connectivity index (χ1v) is 22.5. The average molecular weight is 809 g/mol. The van der Waals surface area contributed by atoms with Crippen molar-refractivity contribution < 1.29 is 32.4 Å². The molecule has 1 aromatic heterocycles. The molecule has 2 N–H and O–H groups in total. The van der Waals surface area contributed by atoms with Crippen LogP contribution in [-0.2, 0) is 29.4 Å². The zero-order valence-corrected chi connectivity index (χ0v) is 36.1. The summed E-state index contributed by atoms with van der Waals surface area (Å²) in [5, 5.41) is 2.91. The van der Waals surface area contributed by atoms with Crippen LogP contribution in [0.25, 0.3) is 0 Å². The summed E-state index contributed by atoms with van der Waals surface area (Å²) in [5.41, 5.74) is -1.62. The summed E-state index contributed by atoms with van der Waals surface area (Å²) in [6, 6.07) is -1.71. The molecule has 2 saturated heterocycles. The Labute approximate surface area is 339 Å². The minimum atomic E-state index is -4.07. The van der Waals surface area contributed by atoms with Crippen molar-refractivity contribution in [3.05, 3.63) is 36.4 Å². The number of allylic oxidation sites excluding steroid dienone is 1. The first-order chi connectivity index (χ1) is 26.6. The molecular weight excluding hydrogens is 745 g/mol. The Hall–Kier alpha value is -3.52. The van der Waals surface area contributed by atoms with Gasteiger partial charge >= 0.3 is 10.2 Å². The maximum atomic E-state index is 15.2. The van der Waals surface area contributed by atoms with E-state index >= 15 is 4.79 Å². The van der Waals surface area contributed by atoms with E-state index in [1.54, 1.807) is 17.9 Å². The first kappa shape index (κ1) is 43.1. The third-order valence-electron chi connectivity index (χ3n) is 15.2. The van der Waals surface area contributed by atoms with Gasteiger partial charge in [0.2, 0.25) is 11.8 Å². The molecule has 7 atom stereocenters. The van der Waals surface area contributed by atoms with E-state index < -0.39 is 50.9 Å². The molecule has 5 fully saturated rings. The fraction of sp³-hybridized carbons (Fsp3) is 0.744. The molecule has 3 saturated carbocycles. The molecule has 1 aromatic rings. The highest BCUT2D eigenvalue weighted by Gasteiger charge is 2.85. The molecule has 14 heteroatoms. The number of nitrogens with one attached hydrogen (secondary N) is 2. The van der Waals surface area contributed by atoms with Crippen molar-refractivity contribution in [2.45, 2.75) is 138 Å². The van der Waals surface area contributed by atoms with Gasteiger partial charge in [-0.3, -0.25) is 29.0 Å². The molecule has 0 aromatic carbocycles. The van der Waals surface area contributed by atoms with Crippen molar-refractivity contribution in [2.75, 3.05) is 19.6 Å². The van der Waals surface area contributed by atoms with Crippen LogP contribution in [0.2, 0.25) is 0 Å². The molecule has 0 bridgehead atoms.